The van der Waals surface area contributed by atoms with E-state index >= 15 is 0 Å². The number of H-pyrrole nitrogens is 1. The average Bonchev–Trinajstić information content (AvgIpc) is 3.15. The summed E-state index contributed by atoms with van der Waals surface area (Å²) < 4.78 is 1.82. The Morgan fingerprint density at radius 1 is 1.21 bits per heavy atom. The van der Waals surface area contributed by atoms with Gasteiger partial charge in [-0.25, -0.2) is 0 Å². The van der Waals surface area contributed by atoms with Crippen molar-refractivity contribution in [2.45, 2.75) is 46.1 Å². The number of carbonyl (C=O) groups excluding carboxylic acids is 1. The van der Waals surface area contributed by atoms with E-state index in [1.54, 1.807) is 4.90 Å². The van der Waals surface area contributed by atoms with Crippen LogP contribution in [0.25, 0.3) is 5.65 Å². The lowest BCUT2D eigenvalue weighted by molar-refractivity contribution is 0.0703. The molecule has 0 aliphatic carbocycles. The summed E-state index contributed by atoms with van der Waals surface area (Å²) in [5.41, 5.74) is 2.80. The summed E-state index contributed by atoms with van der Waals surface area (Å²) in [5.74, 6) is 1.70. The quantitative estimate of drug-likeness (QED) is 0.741. The first-order valence-electron chi connectivity index (χ1n) is 9.43. The summed E-state index contributed by atoms with van der Waals surface area (Å²) in [4.78, 5) is 16.8. The van der Waals surface area contributed by atoms with Gasteiger partial charge in [-0.3, -0.25) is 9.89 Å². The second-order valence-corrected chi connectivity index (χ2v) is 8.52. The van der Waals surface area contributed by atoms with Crippen LogP contribution in [0.5, 0.6) is 0 Å². The van der Waals surface area contributed by atoms with Crippen molar-refractivity contribution < 1.29 is 4.79 Å². The van der Waals surface area contributed by atoms with Crippen LogP contribution in [0.3, 0.4) is 0 Å². The highest BCUT2D eigenvalue weighted by Gasteiger charge is 2.35. The van der Waals surface area contributed by atoms with Gasteiger partial charge in [0, 0.05) is 31.2 Å². The van der Waals surface area contributed by atoms with Crippen LogP contribution in [0.2, 0.25) is 0 Å². The Balaban J connectivity index is 1.50. The number of nitrogens with one attached hydrogen (secondary N) is 1. The van der Waals surface area contributed by atoms with Crippen molar-refractivity contribution in [2.24, 2.45) is 0 Å². The minimum Gasteiger partial charge on any atom is -0.351 e. The maximum absolute atomic E-state index is 12.8. The van der Waals surface area contributed by atoms with Crippen molar-refractivity contribution in [1.82, 2.24) is 34.9 Å². The maximum Gasteiger partial charge on any atom is 0.257 e. The van der Waals surface area contributed by atoms with Gasteiger partial charge in [-0.15, -0.1) is 15.3 Å². The fourth-order valence-electron chi connectivity index (χ4n) is 3.51. The van der Waals surface area contributed by atoms with Gasteiger partial charge in [0.05, 0.1) is 17.3 Å². The second kappa shape index (κ2) is 6.29. The molecule has 1 aliphatic heterocycles. The lowest BCUT2D eigenvalue weighted by Crippen LogP contribution is -2.60. The molecule has 1 fully saturated rings. The van der Waals surface area contributed by atoms with Gasteiger partial charge in [-0.2, -0.15) is 9.61 Å². The Morgan fingerprint density at radius 3 is 2.54 bits per heavy atom. The van der Waals surface area contributed by atoms with Crippen LogP contribution in [0.1, 0.15) is 48.3 Å². The Labute approximate surface area is 163 Å². The van der Waals surface area contributed by atoms with Gasteiger partial charge in [0.2, 0.25) is 0 Å². The van der Waals surface area contributed by atoms with Crippen molar-refractivity contribution >= 4 is 17.4 Å². The van der Waals surface area contributed by atoms with E-state index in [4.69, 9.17) is 5.10 Å². The Bertz CT molecular complexity index is 1020. The summed E-state index contributed by atoms with van der Waals surface area (Å²) in [6.45, 7) is 11.5. The van der Waals surface area contributed by atoms with E-state index < -0.39 is 0 Å². The van der Waals surface area contributed by atoms with E-state index in [1.807, 2.05) is 37.5 Å². The number of aromatic amines is 1. The fraction of sp³-hybridized carbons (Fsp3) is 0.526. The van der Waals surface area contributed by atoms with Gasteiger partial charge >= 0.3 is 0 Å². The number of nitrogens with zero attached hydrogens (tertiary/aromatic N) is 7. The highest BCUT2D eigenvalue weighted by atomic mass is 16.2. The minimum atomic E-state index is -0.143. The first-order valence-corrected chi connectivity index (χ1v) is 9.43. The number of aromatic nitrogens is 6. The molecule has 28 heavy (non-hydrogen) atoms. The van der Waals surface area contributed by atoms with Gasteiger partial charge < -0.3 is 9.80 Å². The lowest BCUT2D eigenvalue weighted by atomic mass is 9.96. The Hall–Kier alpha value is -2.97. The maximum atomic E-state index is 12.8. The molecule has 9 nitrogen and oxygen atoms in total. The molecular formula is C19H26N8O. The molecule has 0 bridgehead atoms. The van der Waals surface area contributed by atoms with Crippen LogP contribution < -0.4 is 4.90 Å². The van der Waals surface area contributed by atoms with E-state index in [1.165, 1.54) is 0 Å². The van der Waals surface area contributed by atoms with E-state index in [0.29, 0.717) is 5.56 Å². The number of rotatable bonds is 3. The third-order valence-electron chi connectivity index (χ3n) is 5.32. The molecule has 0 atom stereocenters. The third-order valence-corrected chi connectivity index (χ3v) is 5.32. The van der Waals surface area contributed by atoms with Crippen molar-refractivity contribution in [3.8, 4) is 0 Å². The van der Waals surface area contributed by atoms with Gasteiger partial charge in [-0.1, -0.05) is 20.8 Å². The van der Waals surface area contributed by atoms with Gasteiger partial charge in [0.25, 0.3) is 5.91 Å². The molecule has 0 spiro atoms. The van der Waals surface area contributed by atoms with Crippen LogP contribution in [-0.2, 0) is 5.41 Å². The zero-order valence-corrected chi connectivity index (χ0v) is 17.2. The highest BCUT2D eigenvalue weighted by Crippen LogP contribution is 2.25. The fourth-order valence-corrected chi connectivity index (χ4v) is 3.51. The molecule has 148 valence electrons. The average molecular weight is 382 g/mol. The monoisotopic (exact) mass is 382 g/mol. The number of anilines is 1. The highest BCUT2D eigenvalue weighted by molar-refractivity contribution is 5.96. The standard InChI is InChI=1S/C19H26N8O/c1-11-16(12(2)21-20-11)17(28)25(6)13-9-26(10-13)15-8-7-14-22-23-18(19(3,4)5)27(14)24-15/h7-8,13H,9-10H2,1-6H3,(H,20,21). The number of amides is 1. The molecule has 3 aromatic rings. The SMILES string of the molecule is Cc1n[nH]c(C)c1C(=O)N(C)C1CN(c2ccc3nnc(C(C)(C)C)n3n2)C1. The molecule has 1 amide bonds. The second-order valence-electron chi connectivity index (χ2n) is 8.52. The molecule has 0 aromatic carbocycles. The largest absolute Gasteiger partial charge is 0.351 e. The number of aryl methyl sites for hydroxylation is 2. The summed E-state index contributed by atoms with van der Waals surface area (Å²) >= 11 is 0. The van der Waals surface area contributed by atoms with Crippen molar-refractivity contribution in [3.63, 3.8) is 0 Å². The molecular weight excluding hydrogens is 356 g/mol. The molecule has 1 saturated heterocycles. The van der Waals surface area contributed by atoms with Gasteiger partial charge in [0.1, 0.15) is 5.82 Å². The third kappa shape index (κ3) is 2.90. The summed E-state index contributed by atoms with van der Waals surface area (Å²) in [5, 5.41) is 20.3. The van der Waals surface area contributed by atoms with E-state index in [0.717, 1.165) is 41.8 Å². The molecule has 3 aromatic heterocycles. The number of fused-ring (bicyclic) bond motifs is 1. The summed E-state index contributed by atoms with van der Waals surface area (Å²) in [6, 6.07) is 4.03. The molecule has 1 aliphatic rings. The Morgan fingerprint density at radius 2 is 1.93 bits per heavy atom. The Kier molecular flexibility index (Phi) is 4.13. The zero-order valence-electron chi connectivity index (χ0n) is 17.2. The van der Waals surface area contributed by atoms with Crippen LogP contribution in [0.15, 0.2) is 12.1 Å². The van der Waals surface area contributed by atoms with Crippen molar-refractivity contribution in [2.75, 3.05) is 25.0 Å². The number of likely N-dealkylation sites (N-methyl/N-ethyl adjacent to an activating group) is 1. The van der Waals surface area contributed by atoms with E-state index in [-0.39, 0.29) is 17.4 Å². The van der Waals surface area contributed by atoms with E-state index in [9.17, 15) is 4.79 Å². The minimum absolute atomic E-state index is 0.00522. The number of carbonyl (C=O) groups is 1. The molecule has 0 radical (unpaired) electrons. The first kappa shape index (κ1) is 18.4. The normalized spacial score (nSPS) is 15.1. The van der Waals surface area contributed by atoms with Crippen molar-refractivity contribution in [1.29, 1.82) is 0 Å². The number of hydrogen-bond acceptors (Lipinski definition) is 6. The van der Waals surface area contributed by atoms with E-state index in [2.05, 4.69) is 46.1 Å². The van der Waals surface area contributed by atoms with Crippen LogP contribution >= 0.6 is 0 Å². The molecule has 1 N–H and O–H groups in total. The molecule has 9 heteroatoms. The smallest absolute Gasteiger partial charge is 0.257 e. The molecule has 0 saturated carbocycles. The first-order chi connectivity index (χ1) is 13.2. The van der Waals surface area contributed by atoms with Crippen molar-refractivity contribution in [3.05, 3.63) is 34.9 Å². The predicted octanol–water partition coefficient (Wildman–Crippen LogP) is 1.72. The van der Waals surface area contributed by atoms with Crippen LogP contribution in [0, 0.1) is 13.8 Å². The summed E-state index contributed by atoms with van der Waals surface area (Å²) in [6.07, 6.45) is 0. The zero-order chi connectivity index (χ0) is 20.2. The molecule has 4 rings (SSSR count). The van der Waals surface area contributed by atoms with Crippen LogP contribution in [-0.4, -0.2) is 67.0 Å². The molecule has 4 heterocycles. The predicted molar refractivity (Wildman–Crippen MR) is 106 cm³/mol. The van der Waals surface area contributed by atoms with Crippen LogP contribution in [0.4, 0.5) is 5.82 Å². The lowest BCUT2D eigenvalue weighted by Gasteiger charge is -2.44. The summed E-state index contributed by atoms with van der Waals surface area (Å²) in [7, 11) is 1.85. The topological polar surface area (TPSA) is 95.3 Å². The molecule has 0 unspecified atom stereocenters. The number of hydrogen-bond donors (Lipinski definition) is 1. The van der Waals surface area contributed by atoms with Gasteiger partial charge in [-0.05, 0) is 26.0 Å². The van der Waals surface area contributed by atoms with Gasteiger partial charge in [0.15, 0.2) is 11.5 Å².